The second-order valence-electron chi connectivity index (χ2n) is 6.81. The number of rotatable bonds is 8. The van der Waals surface area contributed by atoms with Crippen molar-refractivity contribution in [1.29, 1.82) is 0 Å². The molecule has 0 fully saturated rings. The Hall–Kier alpha value is -3.53. The number of allylic oxidation sites excluding steroid dienone is 1. The maximum Gasteiger partial charge on any atom is 0.265 e. The minimum Gasteiger partial charge on any atom is -0.497 e. The summed E-state index contributed by atoms with van der Waals surface area (Å²) in [5, 5.41) is 6.65. The molecule has 0 aromatic heterocycles. The van der Waals surface area contributed by atoms with Crippen LogP contribution >= 0.6 is 0 Å². The molecule has 0 aliphatic carbocycles. The van der Waals surface area contributed by atoms with Gasteiger partial charge < -0.3 is 19.6 Å². The number of nitrogens with zero attached hydrogens (tertiary/aromatic N) is 2. The molecule has 2 aromatic rings. The van der Waals surface area contributed by atoms with Crippen molar-refractivity contribution >= 4 is 33.1 Å². The lowest BCUT2D eigenvalue weighted by Gasteiger charge is -2.30. The van der Waals surface area contributed by atoms with E-state index in [4.69, 9.17) is 14.3 Å². The lowest BCUT2D eigenvalue weighted by atomic mass is 10.1. The number of methoxy groups -OCH3 is 1. The molecule has 10 heteroatoms. The molecular formula is C22H25N3O6S. The number of carbonyl (C=O) groups is 1. The Morgan fingerprint density at radius 1 is 1.12 bits per heavy atom. The van der Waals surface area contributed by atoms with Crippen molar-refractivity contribution in [2.75, 3.05) is 32.7 Å². The van der Waals surface area contributed by atoms with Gasteiger partial charge in [0.05, 0.1) is 18.6 Å². The highest BCUT2D eigenvalue weighted by Crippen LogP contribution is 2.36. The summed E-state index contributed by atoms with van der Waals surface area (Å²) in [6, 6.07) is 13.4. The molecule has 2 aromatic carbocycles. The van der Waals surface area contributed by atoms with E-state index in [-0.39, 0.29) is 22.9 Å². The van der Waals surface area contributed by atoms with Crippen LogP contribution in [0.25, 0.3) is 5.76 Å². The molecule has 0 saturated heterocycles. The molecule has 1 aliphatic rings. The predicted octanol–water partition coefficient (Wildman–Crippen LogP) is 3.07. The zero-order valence-electron chi connectivity index (χ0n) is 18.3. The molecular weight excluding hydrogens is 434 g/mol. The normalized spacial score (nSPS) is 15.1. The number of ether oxygens (including phenoxy) is 2. The van der Waals surface area contributed by atoms with Crippen molar-refractivity contribution in [2.45, 2.75) is 18.7 Å². The Morgan fingerprint density at radius 3 is 2.47 bits per heavy atom. The highest BCUT2D eigenvalue weighted by atomic mass is 32.2. The fourth-order valence-corrected chi connectivity index (χ4v) is 4.64. The summed E-state index contributed by atoms with van der Waals surface area (Å²) in [6.07, 6.45) is 0. The van der Waals surface area contributed by atoms with E-state index in [0.29, 0.717) is 29.4 Å². The zero-order valence-corrected chi connectivity index (χ0v) is 19.1. The summed E-state index contributed by atoms with van der Waals surface area (Å²) in [7, 11) is -0.802. The standard InChI is InChI=1S/C22H25N3O6S/c1-5-30-22-18-8-6-7-9-19(18)32(27,28)25(3)21(22)15(2)24-31-14-20(26)23-16-10-12-17(29-4)13-11-16/h6-13H,5,14H2,1-4H3,(H,23,26)/b24-15+. The average molecular weight is 460 g/mol. The van der Waals surface area contributed by atoms with Crippen molar-refractivity contribution in [1.82, 2.24) is 4.31 Å². The van der Waals surface area contributed by atoms with E-state index in [1.54, 1.807) is 56.5 Å². The van der Waals surface area contributed by atoms with Crippen LogP contribution < -0.4 is 10.1 Å². The molecule has 32 heavy (non-hydrogen) atoms. The molecule has 1 heterocycles. The molecule has 170 valence electrons. The van der Waals surface area contributed by atoms with Crippen LogP contribution in [0.2, 0.25) is 0 Å². The molecule has 1 amide bonds. The quantitative estimate of drug-likeness (QED) is 0.480. The van der Waals surface area contributed by atoms with Gasteiger partial charge in [0.2, 0.25) is 0 Å². The predicted molar refractivity (Wildman–Crippen MR) is 121 cm³/mol. The van der Waals surface area contributed by atoms with E-state index in [9.17, 15) is 13.2 Å². The molecule has 1 N–H and O–H groups in total. The Bertz CT molecular complexity index is 1160. The number of amides is 1. The van der Waals surface area contributed by atoms with Gasteiger partial charge in [-0.05, 0) is 50.2 Å². The fourth-order valence-electron chi connectivity index (χ4n) is 3.20. The smallest absolute Gasteiger partial charge is 0.265 e. The van der Waals surface area contributed by atoms with Crippen LogP contribution in [0.1, 0.15) is 19.4 Å². The SMILES string of the molecule is CCOC1=C(/C(C)=N/OCC(=O)Nc2ccc(OC)cc2)N(C)S(=O)(=O)c2ccccc21. The summed E-state index contributed by atoms with van der Waals surface area (Å²) in [5.74, 6) is 0.639. The zero-order chi connectivity index (χ0) is 23.3. The third-order valence-electron chi connectivity index (χ3n) is 4.70. The summed E-state index contributed by atoms with van der Waals surface area (Å²) < 4.78 is 37.9. The second-order valence-corrected chi connectivity index (χ2v) is 8.74. The number of anilines is 1. The van der Waals surface area contributed by atoms with Crippen molar-refractivity contribution in [3.05, 3.63) is 59.8 Å². The molecule has 0 radical (unpaired) electrons. The van der Waals surface area contributed by atoms with Gasteiger partial charge in [-0.3, -0.25) is 9.10 Å². The molecule has 9 nitrogen and oxygen atoms in total. The van der Waals surface area contributed by atoms with E-state index in [0.717, 1.165) is 4.31 Å². The largest absolute Gasteiger partial charge is 0.497 e. The number of fused-ring (bicyclic) bond motifs is 1. The van der Waals surface area contributed by atoms with Gasteiger partial charge in [-0.15, -0.1) is 0 Å². The van der Waals surface area contributed by atoms with Crippen LogP contribution in [0.5, 0.6) is 5.75 Å². The van der Waals surface area contributed by atoms with Gasteiger partial charge in [0.1, 0.15) is 17.2 Å². The summed E-state index contributed by atoms with van der Waals surface area (Å²) in [5.41, 5.74) is 1.54. The lowest BCUT2D eigenvalue weighted by molar-refractivity contribution is -0.120. The fraction of sp³-hybridized carbons (Fsp3) is 0.273. The van der Waals surface area contributed by atoms with E-state index in [1.165, 1.54) is 13.1 Å². The summed E-state index contributed by atoms with van der Waals surface area (Å²) in [4.78, 5) is 17.5. The highest BCUT2D eigenvalue weighted by Gasteiger charge is 2.36. The van der Waals surface area contributed by atoms with Gasteiger partial charge in [-0.25, -0.2) is 8.42 Å². The van der Waals surface area contributed by atoms with Crippen molar-refractivity contribution in [2.24, 2.45) is 5.16 Å². The topological polar surface area (TPSA) is 107 Å². The summed E-state index contributed by atoms with van der Waals surface area (Å²) in [6.45, 7) is 3.38. The number of benzene rings is 2. The number of oxime groups is 1. The number of hydrogen-bond acceptors (Lipinski definition) is 7. The van der Waals surface area contributed by atoms with E-state index >= 15 is 0 Å². The molecule has 0 bridgehead atoms. The van der Waals surface area contributed by atoms with Gasteiger partial charge in [-0.1, -0.05) is 17.3 Å². The molecule has 3 rings (SSSR count). The Balaban J connectivity index is 1.79. The molecule has 0 spiro atoms. The minimum absolute atomic E-state index is 0.155. The number of hydrogen-bond donors (Lipinski definition) is 1. The third-order valence-corrected chi connectivity index (χ3v) is 6.52. The van der Waals surface area contributed by atoms with Crippen LogP contribution in [0.3, 0.4) is 0 Å². The number of sulfonamides is 1. The highest BCUT2D eigenvalue weighted by molar-refractivity contribution is 7.89. The Morgan fingerprint density at radius 2 is 1.81 bits per heavy atom. The lowest BCUT2D eigenvalue weighted by Crippen LogP contribution is -2.35. The van der Waals surface area contributed by atoms with E-state index in [2.05, 4.69) is 10.5 Å². The van der Waals surface area contributed by atoms with Crippen LogP contribution in [0, 0.1) is 0 Å². The minimum atomic E-state index is -3.78. The van der Waals surface area contributed by atoms with Crippen LogP contribution in [0.15, 0.2) is 64.3 Å². The maximum atomic E-state index is 13.0. The number of nitrogens with one attached hydrogen (secondary N) is 1. The molecule has 0 saturated carbocycles. The first-order chi connectivity index (χ1) is 15.3. The average Bonchev–Trinajstić information content (AvgIpc) is 2.78. The molecule has 0 atom stereocenters. The first kappa shape index (κ1) is 23.1. The van der Waals surface area contributed by atoms with Crippen molar-refractivity contribution in [3.63, 3.8) is 0 Å². The van der Waals surface area contributed by atoms with Crippen LogP contribution in [-0.2, 0) is 24.4 Å². The van der Waals surface area contributed by atoms with E-state index in [1.807, 2.05) is 6.92 Å². The Labute approximate surface area is 187 Å². The maximum absolute atomic E-state index is 13.0. The Kier molecular flexibility index (Phi) is 7.04. The van der Waals surface area contributed by atoms with Gasteiger partial charge in [-0.2, -0.15) is 0 Å². The van der Waals surface area contributed by atoms with Crippen LogP contribution in [-0.4, -0.2) is 51.7 Å². The number of carbonyl (C=O) groups excluding carboxylic acids is 1. The van der Waals surface area contributed by atoms with Crippen molar-refractivity contribution < 1.29 is 27.5 Å². The van der Waals surface area contributed by atoms with Gasteiger partial charge in [0.25, 0.3) is 15.9 Å². The van der Waals surface area contributed by atoms with Crippen molar-refractivity contribution in [3.8, 4) is 5.75 Å². The molecule has 0 unspecified atom stereocenters. The van der Waals surface area contributed by atoms with E-state index < -0.39 is 15.9 Å². The first-order valence-electron chi connectivity index (χ1n) is 9.85. The molecule has 1 aliphatic heterocycles. The third kappa shape index (κ3) is 4.70. The van der Waals surface area contributed by atoms with Gasteiger partial charge >= 0.3 is 0 Å². The second kappa shape index (κ2) is 9.73. The monoisotopic (exact) mass is 459 g/mol. The first-order valence-corrected chi connectivity index (χ1v) is 11.3. The van der Waals surface area contributed by atoms with Gasteiger partial charge in [0, 0.05) is 18.3 Å². The summed E-state index contributed by atoms with van der Waals surface area (Å²) >= 11 is 0. The van der Waals surface area contributed by atoms with Crippen LogP contribution in [0.4, 0.5) is 5.69 Å². The van der Waals surface area contributed by atoms with Gasteiger partial charge in [0.15, 0.2) is 12.4 Å².